The Morgan fingerprint density at radius 2 is 2.00 bits per heavy atom. The number of nitrogens with one attached hydrogen (secondary N) is 1. The maximum absolute atomic E-state index is 12.7. The molecule has 0 spiro atoms. The first-order valence-electron chi connectivity index (χ1n) is 8.16. The minimum Gasteiger partial charge on any atom is -0.325 e. The molecule has 132 valence electrons. The number of hydrogen-bond acceptors (Lipinski definition) is 5. The molecule has 0 bridgehead atoms. The molecule has 1 amide bonds. The quantitative estimate of drug-likeness (QED) is 0.780. The van der Waals surface area contributed by atoms with Gasteiger partial charge in [-0.2, -0.15) is 0 Å². The number of nitrogens with zero attached hydrogens (tertiary/aromatic N) is 4. The summed E-state index contributed by atoms with van der Waals surface area (Å²) in [6, 6.07) is 7.47. The molecule has 0 atom stereocenters. The molecule has 3 rings (SSSR count). The minimum atomic E-state index is -0.312. The number of aromatic nitrogens is 4. The van der Waals surface area contributed by atoms with E-state index in [-0.39, 0.29) is 18.0 Å². The predicted octanol–water partition coefficient (Wildman–Crippen LogP) is 2.26. The van der Waals surface area contributed by atoms with Crippen molar-refractivity contribution in [2.75, 3.05) is 5.32 Å². The van der Waals surface area contributed by atoms with E-state index < -0.39 is 0 Å². The Morgan fingerprint density at radius 3 is 2.69 bits per heavy atom. The van der Waals surface area contributed by atoms with Crippen LogP contribution >= 0.6 is 0 Å². The molecule has 0 saturated heterocycles. The molecule has 7 nitrogen and oxygen atoms in total. The summed E-state index contributed by atoms with van der Waals surface area (Å²) in [5, 5.41) is 2.81. The third-order valence-electron chi connectivity index (χ3n) is 4.03. The number of carbonyl (C=O) groups is 1. The number of hydrogen-bond donors (Lipinski definition) is 1. The maximum Gasteiger partial charge on any atom is 0.257 e. The summed E-state index contributed by atoms with van der Waals surface area (Å²) in [5.74, 6) is 0.0125. The molecule has 0 aliphatic heterocycles. The van der Waals surface area contributed by atoms with Crippen LogP contribution in [0.3, 0.4) is 0 Å². The van der Waals surface area contributed by atoms with E-state index in [0.717, 1.165) is 5.56 Å². The minimum absolute atomic E-state index is 0.160. The Kier molecular flexibility index (Phi) is 4.88. The van der Waals surface area contributed by atoms with Gasteiger partial charge >= 0.3 is 0 Å². The van der Waals surface area contributed by atoms with Crippen LogP contribution in [0.2, 0.25) is 0 Å². The first kappa shape index (κ1) is 17.5. The highest BCUT2D eigenvalue weighted by molar-refractivity contribution is 5.90. The Hall–Kier alpha value is -3.35. The first-order chi connectivity index (χ1) is 12.5. The topological polar surface area (TPSA) is 89.8 Å². The van der Waals surface area contributed by atoms with Gasteiger partial charge in [0.2, 0.25) is 5.91 Å². The summed E-state index contributed by atoms with van der Waals surface area (Å²) in [7, 11) is 0. The van der Waals surface area contributed by atoms with Crippen molar-refractivity contribution in [3.63, 3.8) is 0 Å². The third kappa shape index (κ3) is 3.66. The molecule has 0 radical (unpaired) electrons. The van der Waals surface area contributed by atoms with Crippen molar-refractivity contribution in [1.82, 2.24) is 19.5 Å². The first-order valence-corrected chi connectivity index (χ1v) is 8.16. The maximum atomic E-state index is 12.7. The molecule has 7 heteroatoms. The van der Waals surface area contributed by atoms with Crippen LogP contribution in [-0.2, 0) is 11.3 Å². The van der Waals surface area contributed by atoms with Gasteiger partial charge in [0, 0.05) is 29.3 Å². The average molecular weight is 349 g/mol. The molecule has 0 aliphatic rings. The lowest BCUT2D eigenvalue weighted by atomic mass is 10.2. The van der Waals surface area contributed by atoms with E-state index in [1.807, 2.05) is 25.1 Å². The van der Waals surface area contributed by atoms with Crippen LogP contribution in [0.5, 0.6) is 0 Å². The van der Waals surface area contributed by atoms with Crippen molar-refractivity contribution in [2.24, 2.45) is 0 Å². The SMILES string of the molecule is Cc1cccc(NC(=O)Cn2c(-c3cnccn3)nc(C)c(C)c2=O)c1. The van der Waals surface area contributed by atoms with Gasteiger partial charge in [-0.05, 0) is 38.5 Å². The van der Waals surface area contributed by atoms with E-state index in [4.69, 9.17) is 0 Å². The summed E-state index contributed by atoms with van der Waals surface area (Å²) in [6.07, 6.45) is 4.58. The van der Waals surface area contributed by atoms with Gasteiger partial charge in [-0.25, -0.2) is 9.97 Å². The Balaban J connectivity index is 1.97. The monoisotopic (exact) mass is 349 g/mol. The smallest absolute Gasteiger partial charge is 0.257 e. The Morgan fingerprint density at radius 1 is 1.19 bits per heavy atom. The van der Waals surface area contributed by atoms with Crippen molar-refractivity contribution in [3.05, 3.63) is 70.0 Å². The summed E-state index contributed by atoms with van der Waals surface area (Å²) < 4.78 is 1.33. The zero-order chi connectivity index (χ0) is 18.7. The molecule has 26 heavy (non-hydrogen) atoms. The van der Waals surface area contributed by atoms with Crippen LogP contribution in [0.25, 0.3) is 11.5 Å². The van der Waals surface area contributed by atoms with Crippen molar-refractivity contribution in [3.8, 4) is 11.5 Å². The summed E-state index contributed by atoms with van der Waals surface area (Å²) in [6.45, 7) is 5.24. The van der Waals surface area contributed by atoms with Crippen molar-refractivity contribution >= 4 is 11.6 Å². The van der Waals surface area contributed by atoms with E-state index in [1.54, 1.807) is 19.9 Å². The van der Waals surface area contributed by atoms with E-state index in [9.17, 15) is 9.59 Å². The molecule has 2 aromatic heterocycles. The van der Waals surface area contributed by atoms with Crippen molar-refractivity contribution < 1.29 is 4.79 Å². The fourth-order valence-corrected chi connectivity index (χ4v) is 2.58. The molecule has 0 saturated carbocycles. The van der Waals surface area contributed by atoms with Crippen LogP contribution in [0.4, 0.5) is 5.69 Å². The highest BCUT2D eigenvalue weighted by atomic mass is 16.2. The highest BCUT2D eigenvalue weighted by Crippen LogP contribution is 2.14. The second kappa shape index (κ2) is 7.26. The molecule has 0 fully saturated rings. The van der Waals surface area contributed by atoms with E-state index in [2.05, 4.69) is 20.3 Å². The van der Waals surface area contributed by atoms with Gasteiger partial charge in [0.25, 0.3) is 5.56 Å². The Labute approximate surface area is 150 Å². The fraction of sp³-hybridized carbons (Fsp3) is 0.211. The molecule has 2 heterocycles. The molecule has 1 N–H and O–H groups in total. The van der Waals surface area contributed by atoms with Gasteiger partial charge in [-0.1, -0.05) is 12.1 Å². The van der Waals surface area contributed by atoms with Gasteiger partial charge in [-0.3, -0.25) is 19.1 Å². The van der Waals surface area contributed by atoms with Crippen LogP contribution in [0.1, 0.15) is 16.8 Å². The number of anilines is 1. The number of aryl methyl sites for hydroxylation is 2. The van der Waals surface area contributed by atoms with Crippen LogP contribution < -0.4 is 10.9 Å². The second-order valence-electron chi connectivity index (χ2n) is 6.05. The van der Waals surface area contributed by atoms with Crippen LogP contribution in [0.15, 0.2) is 47.7 Å². The largest absolute Gasteiger partial charge is 0.325 e. The molecule has 3 aromatic rings. The third-order valence-corrected chi connectivity index (χ3v) is 4.03. The summed E-state index contributed by atoms with van der Waals surface area (Å²) >= 11 is 0. The average Bonchev–Trinajstić information content (AvgIpc) is 2.63. The molecular weight excluding hydrogens is 330 g/mol. The predicted molar refractivity (Wildman–Crippen MR) is 98.8 cm³/mol. The summed E-state index contributed by atoms with van der Waals surface area (Å²) in [4.78, 5) is 37.9. The number of rotatable bonds is 4. The van der Waals surface area contributed by atoms with Crippen molar-refractivity contribution in [2.45, 2.75) is 27.3 Å². The zero-order valence-corrected chi connectivity index (χ0v) is 14.9. The lowest BCUT2D eigenvalue weighted by Crippen LogP contribution is -2.32. The van der Waals surface area contributed by atoms with Crippen LogP contribution in [-0.4, -0.2) is 25.4 Å². The zero-order valence-electron chi connectivity index (χ0n) is 14.9. The van der Waals surface area contributed by atoms with Gasteiger partial charge in [0.15, 0.2) is 5.82 Å². The van der Waals surface area contributed by atoms with Gasteiger partial charge < -0.3 is 5.32 Å². The molecule has 1 aromatic carbocycles. The molecule has 0 unspecified atom stereocenters. The fourth-order valence-electron chi connectivity index (χ4n) is 2.58. The van der Waals surface area contributed by atoms with Gasteiger partial charge in [-0.15, -0.1) is 0 Å². The number of carbonyl (C=O) groups excluding carboxylic acids is 1. The lowest BCUT2D eigenvalue weighted by molar-refractivity contribution is -0.116. The Bertz CT molecular complexity index is 1010. The van der Waals surface area contributed by atoms with Gasteiger partial charge in [0.1, 0.15) is 12.2 Å². The molecular formula is C19H19N5O2. The highest BCUT2D eigenvalue weighted by Gasteiger charge is 2.16. The summed E-state index contributed by atoms with van der Waals surface area (Å²) in [5.41, 5.74) is 2.99. The molecule has 0 aliphatic carbocycles. The second-order valence-corrected chi connectivity index (χ2v) is 6.05. The van der Waals surface area contributed by atoms with Crippen LogP contribution in [0, 0.1) is 20.8 Å². The lowest BCUT2D eigenvalue weighted by Gasteiger charge is -2.14. The number of benzene rings is 1. The van der Waals surface area contributed by atoms with E-state index in [1.165, 1.54) is 23.2 Å². The van der Waals surface area contributed by atoms with Gasteiger partial charge in [0.05, 0.1) is 6.20 Å². The van der Waals surface area contributed by atoms with E-state index in [0.29, 0.717) is 28.5 Å². The standard InChI is InChI=1S/C19H19N5O2/c1-12-5-4-6-15(9-12)23-17(25)11-24-18(16-10-20-7-8-21-16)22-14(3)13(2)19(24)26/h4-10H,11H2,1-3H3,(H,23,25). The van der Waals surface area contributed by atoms with Crippen molar-refractivity contribution in [1.29, 1.82) is 0 Å². The van der Waals surface area contributed by atoms with E-state index >= 15 is 0 Å². The normalized spacial score (nSPS) is 10.6. The number of amides is 1.